The van der Waals surface area contributed by atoms with Gasteiger partial charge in [0.25, 0.3) is 0 Å². The van der Waals surface area contributed by atoms with Crippen LogP contribution in [-0.4, -0.2) is 62.3 Å². The minimum Gasteiger partial charge on any atom is -0.353 e. The van der Waals surface area contributed by atoms with Gasteiger partial charge in [-0.05, 0) is 38.8 Å². The molecule has 0 bridgehead atoms. The van der Waals surface area contributed by atoms with Crippen molar-refractivity contribution in [2.75, 3.05) is 32.7 Å². The molecule has 7 heteroatoms. The molecule has 146 valence electrons. The first kappa shape index (κ1) is 20.9. The van der Waals surface area contributed by atoms with Gasteiger partial charge in [-0.15, -0.1) is 0 Å². The third-order valence-electron chi connectivity index (χ3n) is 4.78. The van der Waals surface area contributed by atoms with Crippen molar-refractivity contribution in [2.45, 2.75) is 51.5 Å². The van der Waals surface area contributed by atoms with Crippen LogP contribution in [0.2, 0.25) is 0 Å². The fraction of sp³-hybridized carbons (Fsp3) is 0.632. The SMILES string of the molecule is CCC[C@@H](C)NC(=O)CN1CCN(S(=O)(=O)c2ccc(C)cc2C)CC1. The van der Waals surface area contributed by atoms with Crippen molar-refractivity contribution in [3.63, 3.8) is 0 Å². The zero-order valence-corrected chi connectivity index (χ0v) is 17.1. The highest BCUT2D eigenvalue weighted by atomic mass is 32.2. The number of piperazine rings is 1. The van der Waals surface area contributed by atoms with Crippen LogP contribution in [0.5, 0.6) is 0 Å². The molecular formula is C19H31N3O3S. The number of carbonyl (C=O) groups excluding carboxylic acids is 1. The monoisotopic (exact) mass is 381 g/mol. The summed E-state index contributed by atoms with van der Waals surface area (Å²) < 4.78 is 27.3. The van der Waals surface area contributed by atoms with Gasteiger partial charge in [0.1, 0.15) is 0 Å². The average Bonchev–Trinajstić information content (AvgIpc) is 2.55. The van der Waals surface area contributed by atoms with Crippen molar-refractivity contribution in [3.05, 3.63) is 29.3 Å². The molecule has 1 aliphatic heterocycles. The van der Waals surface area contributed by atoms with E-state index < -0.39 is 10.0 Å². The summed E-state index contributed by atoms with van der Waals surface area (Å²) in [5.41, 5.74) is 1.83. The average molecular weight is 382 g/mol. The van der Waals surface area contributed by atoms with Crippen molar-refractivity contribution in [1.29, 1.82) is 0 Å². The molecule has 1 aromatic carbocycles. The molecule has 1 heterocycles. The third-order valence-corrected chi connectivity index (χ3v) is 6.83. The van der Waals surface area contributed by atoms with Crippen LogP contribution in [0.4, 0.5) is 0 Å². The van der Waals surface area contributed by atoms with Gasteiger partial charge in [0.2, 0.25) is 15.9 Å². The minimum atomic E-state index is -3.48. The number of aryl methyl sites for hydroxylation is 2. The maximum atomic E-state index is 12.9. The summed E-state index contributed by atoms with van der Waals surface area (Å²) >= 11 is 0. The zero-order valence-electron chi connectivity index (χ0n) is 16.3. The van der Waals surface area contributed by atoms with Crippen LogP contribution in [0, 0.1) is 13.8 Å². The molecule has 0 aromatic heterocycles. The van der Waals surface area contributed by atoms with E-state index in [4.69, 9.17) is 0 Å². The van der Waals surface area contributed by atoms with E-state index in [-0.39, 0.29) is 11.9 Å². The van der Waals surface area contributed by atoms with Gasteiger partial charge in [-0.25, -0.2) is 8.42 Å². The quantitative estimate of drug-likeness (QED) is 0.783. The molecule has 6 nitrogen and oxygen atoms in total. The van der Waals surface area contributed by atoms with E-state index in [1.165, 1.54) is 4.31 Å². The summed E-state index contributed by atoms with van der Waals surface area (Å²) in [5.74, 6) is 0.0108. The number of sulfonamides is 1. The van der Waals surface area contributed by atoms with Crippen molar-refractivity contribution >= 4 is 15.9 Å². The molecule has 1 saturated heterocycles. The molecule has 0 unspecified atom stereocenters. The van der Waals surface area contributed by atoms with Crippen LogP contribution in [-0.2, 0) is 14.8 Å². The second-order valence-electron chi connectivity index (χ2n) is 7.21. The molecule has 1 N–H and O–H groups in total. The van der Waals surface area contributed by atoms with Gasteiger partial charge in [-0.2, -0.15) is 4.31 Å². The number of hydrogen-bond donors (Lipinski definition) is 1. The smallest absolute Gasteiger partial charge is 0.243 e. The van der Waals surface area contributed by atoms with Crippen LogP contribution in [0.25, 0.3) is 0 Å². The number of nitrogens with one attached hydrogen (secondary N) is 1. The maximum absolute atomic E-state index is 12.9. The molecule has 1 fully saturated rings. The Kier molecular flexibility index (Phi) is 7.20. The maximum Gasteiger partial charge on any atom is 0.243 e. The van der Waals surface area contributed by atoms with Gasteiger partial charge in [0.15, 0.2) is 0 Å². The van der Waals surface area contributed by atoms with Gasteiger partial charge >= 0.3 is 0 Å². The largest absolute Gasteiger partial charge is 0.353 e. The summed E-state index contributed by atoms with van der Waals surface area (Å²) in [6.45, 7) is 10.2. The fourth-order valence-corrected chi connectivity index (χ4v) is 5.01. The number of hydrogen-bond acceptors (Lipinski definition) is 4. The molecule has 1 amide bonds. The Bertz CT molecular complexity index is 726. The van der Waals surface area contributed by atoms with Crippen molar-refractivity contribution in [1.82, 2.24) is 14.5 Å². The first-order chi connectivity index (χ1) is 12.2. The van der Waals surface area contributed by atoms with Crippen LogP contribution in [0.3, 0.4) is 0 Å². The normalized spacial score (nSPS) is 17.8. The summed E-state index contributed by atoms with van der Waals surface area (Å²) in [7, 11) is -3.48. The first-order valence-corrected chi connectivity index (χ1v) is 10.8. The van der Waals surface area contributed by atoms with Gasteiger partial charge in [0.05, 0.1) is 11.4 Å². The zero-order chi connectivity index (χ0) is 19.3. The lowest BCUT2D eigenvalue weighted by molar-refractivity contribution is -0.123. The Morgan fingerprint density at radius 3 is 2.42 bits per heavy atom. The molecule has 1 atom stereocenters. The predicted molar refractivity (Wildman–Crippen MR) is 104 cm³/mol. The Morgan fingerprint density at radius 1 is 1.19 bits per heavy atom. The predicted octanol–water partition coefficient (Wildman–Crippen LogP) is 1.91. The van der Waals surface area contributed by atoms with Gasteiger partial charge < -0.3 is 5.32 Å². The highest BCUT2D eigenvalue weighted by Crippen LogP contribution is 2.22. The number of benzene rings is 1. The Balaban J connectivity index is 1.92. The standard InChI is InChI=1S/C19H31N3O3S/c1-5-6-17(4)20-19(23)14-21-9-11-22(12-10-21)26(24,25)18-8-7-15(2)13-16(18)3/h7-8,13,17H,5-6,9-12,14H2,1-4H3,(H,20,23)/t17-/m1/s1. The minimum absolute atomic E-state index is 0.0108. The molecule has 1 aliphatic rings. The van der Waals surface area contributed by atoms with E-state index in [1.807, 2.05) is 37.8 Å². The summed E-state index contributed by atoms with van der Waals surface area (Å²) in [4.78, 5) is 14.5. The lowest BCUT2D eigenvalue weighted by atomic mass is 10.2. The van der Waals surface area contributed by atoms with Gasteiger partial charge in [-0.1, -0.05) is 31.0 Å². The topological polar surface area (TPSA) is 69.7 Å². The number of carbonyl (C=O) groups is 1. The van der Waals surface area contributed by atoms with Crippen LogP contribution in [0.1, 0.15) is 37.8 Å². The second-order valence-corrected chi connectivity index (χ2v) is 9.11. The lowest BCUT2D eigenvalue weighted by Crippen LogP contribution is -2.51. The van der Waals surface area contributed by atoms with Gasteiger partial charge in [0, 0.05) is 32.2 Å². The summed E-state index contributed by atoms with van der Waals surface area (Å²) in [6, 6.07) is 5.59. The molecular weight excluding hydrogens is 350 g/mol. The molecule has 0 radical (unpaired) electrons. The van der Waals surface area contributed by atoms with Crippen LogP contribution in [0.15, 0.2) is 23.1 Å². The second kappa shape index (κ2) is 8.97. The molecule has 2 rings (SSSR count). The van der Waals surface area contributed by atoms with Crippen molar-refractivity contribution < 1.29 is 13.2 Å². The molecule has 1 aromatic rings. The number of nitrogens with zero attached hydrogens (tertiary/aromatic N) is 2. The summed E-state index contributed by atoms with van der Waals surface area (Å²) in [6.07, 6.45) is 2.00. The first-order valence-electron chi connectivity index (χ1n) is 9.33. The highest BCUT2D eigenvalue weighted by Gasteiger charge is 2.30. The molecule has 0 aliphatic carbocycles. The van der Waals surface area contributed by atoms with E-state index in [0.717, 1.165) is 24.0 Å². The number of amides is 1. The Labute approximate surface area is 157 Å². The summed E-state index contributed by atoms with van der Waals surface area (Å²) in [5, 5.41) is 3.00. The van der Waals surface area contributed by atoms with E-state index in [2.05, 4.69) is 12.2 Å². The molecule has 26 heavy (non-hydrogen) atoms. The van der Waals surface area contributed by atoms with E-state index in [0.29, 0.717) is 37.6 Å². The van der Waals surface area contributed by atoms with E-state index >= 15 is 0 Å². The van der Waals surface area contributed by atoms with Crippen LogP contribution >= 0.6 is 0 Å². The highest BCUT2D eigenvalue weighted by molar-refractivity contribution is 7.89. The Hall–Kier alpha value is -1.44. The fourth-order valence-electron chi connectivity index (χ4n) is 3.38. The molecule has 0 spiro atoms. The molecule has 0 saturated carbocycles. The number of rotatable bonds is 7. The van der Waals surface area contributed by atoms with Crippen molar-refractivity contribution in [2.24, 2.45) is 0 Å². The van der Waals surface area contributed by atoms with Crippen molar-refractivity contribution in [3.8, 4) is 0 Å². The lowest BCUT2D eigenvalue weighted by Gasteiger charge is -2.34. The Morgan fingerprint density at radius 2 is 1.85 bits per heavy atom. The van der Waals surface area contributed by atoms with Gasteiger partial charge in [-0.3, -0.25) is 9.69 Å². The third kappa shape index (κ3) is 5.28. The van der Waals surface area contributed by atoms with Crippen LogP contribution < -0.4 is 5.32 Å². The van der Waals surface area contributed by atoms with E-state index in [1.54, 1.807) is 6.07 Å². The van der Waals surface area contributed by atoms with E-state index in [9.17, 15) is 13.2 Å².